The Labute approximate surface area is 109 Å². The number of carbonyl (C=O) groups excluding carboxylic acids is 1. The molecule has 0 atom stereocenters. The molecule has 1 aliphatic carbocycles. The van der Waals surface area contributed by atoms with E-state index in [1.54, 1.807) is 35.3 Å². The van der Waals surface area contributed by atoms with Gasteiger partial charge >= 0.3 is 0 Å². The lowest BCUT2D eigenvalue weighted by atomic mass is 10.4. The molecule has 1 N–H and O–H groups in total. The number of amides is 1. The zero-order valence-electron chi connectivity index (χ0n) is 10.1. The lowest BCUT2D eigenvalue weighted by Crippen LogP contribution is -2.23. The predicted molar refractivity (Wildman–Crippen MR) is 68.5 cm³/mol. The van der Waals surface area contributed by atoms with E-state index in [0.29, 0.717) is 18.2 Å². The molecule has 6 heteroatoms. The Morgan fingerprint density at radius 2 is 2.44 bits per heavy atom. The molecule has 5 nitrogen and oxygen atoms in total. The van der Waals surface area contributed by atoms with Gasteiger partial charge in [-0.05, 0) is 18.9 Å². The van der Waals surface area contributed by atoms with Gasteiger partial charge in [-0.2, -0.15) is 5.10 Å². The third kappa shape index (κ3) is 2.43. The van der Waals surface area contributed by atoms with Crippen molar-refractivity contribution in [2.75, 3.05) is 0 Å². The minimum atomic E-state index is -0.156. The van der Waals surface area contributed by atoms with Crippen LogP contribution in [0.2, 0.25) is 0 Å². The maximum absolute atomic E-state index is 11.8. The minimum absolute atomic E-state index is 0.156. The van der Waals surface area contributed by atoms with Gasteiger partial charge in [-0.1, -0.05) is 0 Å². The zero-order valence-corrected chi connectivity index (χ0v) is 10.9. The van der Waals surface area contributed by atoms with Crippen molar-refractivity contribution in [3.05, 3.63) is 34.0 Å². The van der Waals surface area contributed by atoms with Crippen LogP contribution in [-0.4, -0.2) is 20.7 Å². The Morgan fingerprint density at radius 1 is 1.61 bits per heavy atom. The van der Waals surface area contributed by atoms with Gasteiger partial charge in [0.15, 0.2) is 0 Å². The first-order chi connectivity index (χ1) is 8.72. The van der Waals surface area contributed by atoms with Crippen LogP contribution in [0.5, 0.6) is 0 Å². The summed E-state index contributed by atoms with van der Waals surface area (Å²) in [5.41, 5.74) is 1.38. The summed E-state index contributed by atoms with van der Waals surface area (Å²) < 4.78 is 1.61. The first-order valence-corrected chi connectivity index (χ1v) is 6.82. The van der Waals surface area contributed by atoms with Crippen LogP contribution in [0.1, 0.15) is 39.9 Å². The fraction of sp³-hybridized carbons (Fsp3) is 0.417. The molecular formula is C12H14N4OS. The number of carbonyl (C=O) groups is 1. The lowest BCUT2D eigenvalue weighted by Gasteiger charge is -1.99. The predicted octanol–water partition coefficient (Wildman–Crippen LogP) is 1.68. The number of hydrogen-bond acceptors (Lipinski definition) is 4. The van der Waals surface area contributed by atoms with Crippen LogP contribution < -0.4 is 5.32 Å². The van der Waals surface area contributed by atoms with Gasteiger partial charge in [0.05, 0.1) is 17.2 Å². The molecule has 2 aromatic rings. The van der Waals surface area contributed by atoms with Crippen LogP contribution in [0.15, 0.2) is 17.6 Å². The van der Waals surface area contributed by atoms with E-state index in [1.807, 2.05) is 5.38 Å². The highest BCUT2D eigenvalue weighted by Gasteiger charge is 2.26. The van der Waals surface area contributed by atoms with E-state index >= 15 is 0 Å². The summed E-state index contributed by atoms with van der Waals surface area (Å²) in [6.07, 6.45) is 4.27. The Kier molecular flexibility index (Phi) is 2.87. The topological polar surface area (TPSA) is 59.8 Å². The molecule has 0 aliphatic heterocycles. The minimum Gasteiger partial charge on any atom is -0.345 e. The third-order valence-corrected chi connectivity index (χ3v) is 3.93. The summed E-state index contributed by atoms with van der Waals surface area (Å²) in [5.74, 6) is 0.520. The van der Waals surface area contributed by atoms with E-state index in [1.165, 1.54) is 17.8 Å². The van der Waals surface area contributed by atoms with Crippen molar-refractivity contribution in [2.24, 2.45) is 7.05 Å². The normalized spacial score (nSPS) is 14.7. The Morgan fingerprint density at radius 3 is 3.11 bits per heavy atom. The second-order valence-corrected chi connectivity index (χ2v) is 5.40. The number of thiazole rings is 1. The lowest BCUT2D eigenvalue weighted by molar-refractivity contribution is 0.0944. The van der Waals surface area contributed by atoms with Crippen LogP contribution in [0.25, 0.3) is 0 Å². The van der Waals surface area contributed by atoms with E-state index in [9.17, 15) is 4.79 Å². The third-order valence-electron chi connectivity index (χ3n) is 2.87. The molecule has 2 heterocycles. The number of nitrogens with one attached hydrogen (secondary N) is 1. The molecule has 1 amide bonds. The van der Waals surface area contributed by atoms with Gasteiger partial charge in [-0.15, -0.1) is 11.3 Å². The first-order valence-electron chi connectivity index (χ1n) is 5.94. The van der Waals surface area contributed by atoms with Gasteiger partial charge in [0.2, 0.25) is 0 Å². The van der Waals surface area contributed by atoms with Crippen molar-refractivity contribution in [3.63, 3.8) is 0 Å². The van der Waals surface area contributed by atoms with Crippen LogP contribution in [0, 0.1) is 0 Å². The van der Waals surface area contributed by atoms with E-state index in [0.717, 1.165) is 5.69 Å². The number of aromatic nitrogens is 3. The fourth-order valence-electron chi connectivity index (χ4n) is 1.72. The second kappa shape index (κ2) is 4.53. The van der Waals surface area contributed by atoms with Gasteiger partial charge in [-0.3, -0.25) is 9.48 Å². The van der Waals surface area contributed by atoms with Gasteiger partial charge in [0.1, 0.15) is 5.69 Å². The van der Waals surface area contributed by atoms with Crippen molar-refractivity contribution in [3.8, 4) is 0 Å². The molecule has 0 spiro atoms. The Bertz CT molecular complexity index is 570. The monoisotopic (exact) mass is 262 g/mol. The highest BCUT2D eigenvalue weighted by molar-refractivity contribution is 7.09. The number of aryl methyl sites for hydroxylation is 1. The first kappa shape index (κ1) is 11.4. The highest BCUT2D eigenvalue weighted by Crippen LogP contribution is 2.41. The molecule has 3 rings (SSSR count). The smallest absolute Gasteiger partial charge is 0.272 e. The van der Waals surface area contributed by atoms with Crippen LogP contribution in [0.3, 0.4) is 0 Å². The van der Waals surface area contributed by atoms with Gasteiger partial charge in [-0.25, -0.2) is 4.98 Å². The summed E-state index contributed by atoms with van der Waals surface area (Å²) in [6.45, 7) is 0.471. The van der Waals surface area contributed by atoms with Crippen molar-refractivity contribution in [1.29, 1.82) is 0 Å². The molecule has 0 saturated heterocycles. The molecule has 1 saturated carbocycles. The summed E-state index contributed by atoms with van der Waals surface area (Å²) in [4.78, 5) is 16.3. The quantitative estimate of drug-likeness (QED) is 0.912. The molecule has 0 bridgehead atoms. The van der Waals surface area contributed by atoms with Crippen molar-refractivity contribution < 1.29 is 4.79 Å². The molecule has 0 unspecified atom stereocenters. The van der Waals surface area contributed by atoms with Gasteiger partial charge in [0, 0.05) is 24.5 Å². The molecular weight excluding hydrogens is 248 g/mol. The van der Waals surface area contributed by atoms with Crippen molar-refractivity contribution >= 4 is 17.2 Å². The van der Waals surface area contributed by atoms with Gasteiger partial charge in [0.25, 0.3) is 5.91 Å². The van der Waals surface area contributed by atoms with E-state index in [2.05, 4.69) is 15.4 Å². The summed E-state index contributed by atoms with van der Waals surface area (Å²) >= 11 is 1.69. The Hall–Kier alpha value is -1.69. The summed E-state index contributed by atoms with van der Waals surface area (Å²) in [5, 5.41) is 10.1. The average Bonchev–Trinajstić information content (AvgIpc) is 2.95. The second-order valence-electron chi connectivity index (χ2n) is 4.51. The standard InChI is InChI=1S/C12H14N4OS/c1-16-5-4-10(15-16)11(17)13-6-9-7-18-12(14-9)8-2-3-8/h4-5,7-8H,2-3,6H2,1H3,(H,13,17). The highest BCUT2D eigenvalue weighted by atomic mass is 32.1. The zero-order chi connectivity index (χ0) is 12.5. The maximum Gasteiger partial charge on any atom is 0.272 e. The summed E-state index contributed by atoms with van der Waals surface area (Å²) in [6, 6.07) is 1.70. The van der Waals surface area contributed by atoms with Gasteiger partial charge < -0.3 is 5.32 Å². The van der Waals surface area contributed by atoms with E-state index < -0.39 is 0 Å². The largest absolute Gasteiger partial charge is 0.345 e. The van der Waals surface area contributed by atoms with E-state index in [-0.39, 0.29) is 5.91 Å². The van der Waals surface area contributed by atoms with Crippen molar-refractivity contribution in [2.45, 2.75) is 25.3 Å². The molecule has 94 valence electrons. The SMILES string of the molecule is Cn1ccc(C(=O)NCc2csc(C3CC3)n2)n1. The molecule has 2 aromatic heterocycles. The molecule has 0 aromatic carbocycles. The number of hydrogen-bond donors (Lipinski definition) is 1. The maximum atomic E-state index is 11.8. The van der Waals surface area contributed by atoms with Crippen LogP contribution >= 0.6 is 11.3 Å². The summed E-state index contributed by atoms with van der Waals surface area (Å²) in [7, 11) is 1.79. The number of rotatable bonds is 4. The molecule has 18 heavy (non-hydrogen) atoms. The Balaban J connectivity index is 1.58. The van der Waals surface area contributed by atoms with Crippen LogP contribution in [0.4, 0.5) is 0 Å². The molecule has 1 aliphatic rings. The van der Waals surface area contributed by atoms with E-state index in [4.69, 9.17) is 0 Å². The van der Waals surface area contributed by atoms with Crippen LogP contribution in [-0.2, 0) is 13.6 Å². The fourth-order valence-corrected chi connectivity index (χ4v) is 2.71. The molecule has 1 fully saturated rings. The number of nitrogens with zero attached hydrogens (tertiary/aromatic N) is 3. The molecule has 0 radical (unpaired) electrons. The van der Waals surface area contributed by atoms with Crippen molar-refractivity contribution in [1.82, 2.24) is 20.1 Å². The average molecular weight is 262 g/mol.